The Kier molecular flexibility index (Phi) is 3.66. The summed E-state index contributed by atoms with van der Waals surface area (Å²) < 4.78 is 2.15. The van der Waals surface area contributed by atoms with Crippen molar-refractivity contribution in [2.24, 2.45) is 14.1 Å². The van der Waals surface area contributed by atoms with E-state index in [4.69, 9.17) is 5.26 Å². The number of hydrogen-bond donors (Lipinski definition) is 1. The second-order valence-corrected chi connectivity index (χ2v) is 4.22. The SMILES string of the molecule is Cn1c(NCc2ccccn2)c(C#N)c(=O)n(C)c1=O. The lowest BCUT2D eigenvalue weighted by Crippen LogP contribution is -2.39. The van der Waals surface area contributed by atoms with Crippen molar-refractivity contribution in [3.63, 3.8) is 0 Å². The lowest BCUT2D eigenvalue weighted by atomic mass is 10.3. The number of nitrogens with zero attached hydrogens (tertiary/aromatic N) is 4. The molecule has 0 unspecified atom stereocenters. The van der Waals surface area contributed by atoms with Crippen LogP contribution in [-0.2, 0) is 20.6 Å². The van der Waals surface area contributed by atoms with Gasteiger partial charge in [0.1, 0.15) is 11.9 Å². The van der Waals surface area contributed by atoms with E-state index >= 15 is 0 Å². The van der Waals surface area contributed by atoms with Gasteiger partial charge in [0.05, 0.1) is 12.2 Å². The van der Waals surface area contributed by atoms with Gasteiger partial charge in [0.15, 0.2) is 5.56 Å². The van der Waals surface area contributed by atoms with Crippen LogP contribution in [0.3, 0.4) is 0 Å². The normalized spacial score (nSPS) is 10.1. The van der Waals surface area contributed by atoms with Crippen molar-refractivity contribution in [1.29, 1.82) is 5.26 Å². The molecule has 0 saturated carbocycles. The van der Waals surface area contributed by atoms with Crippen LogP contribution in [0.4, 0.5) is 5.82 Å². The molecule has 0 saturated heterocycles. The van der Waals surface area contributed by atoms with E-state index < -0.39 is 11.2 Å². The third kappa shape index (κ3) is 2.31. The van der Waals surface area contributed by atoms with Crippen molar-refractivity contribution in [3.05, 3.63) is 56.5 Å². The van der Waals surface area contributed by atoms with E-state index in [1.807, 2.05) is 12.1 Å². The summed E-state index contributed by atoms with van der Waals surface area (Å²) in [6.07, 6.45) is 1.64. The van der Waals surface area contributed by atoms with Crippen LogP contribution < -0.4 is 16.6 Å². The van der Waals surface area contributed by atoms with Crippen LogP contribution >= 0.6 is 0 Å². The number of aromatic nitrogens is 3. The van der Waals surface area contributed by atoms with Gasteiger partial charge in [-0.05, 0) is 12.1 Å². The summed E-state index contributed by atoms with van der Waals surface area (Å²) in [7, 11) is 2.84. The highest BCUT2D eigenvalue weighted by molar-refractivity contribution is 5.51. The number of nitrogens with one attached hydrogen (secondary N) is 1. The Bertz CT molecular complexity index is 783. The van der Waals surface area contributed by atoms with Gasteiger partial charge in [-0.25, -0.2) is 4.79 Å². The summed E-state index contributed by atoms with van der Waals surface area (Å²) in [6, 6.07) is 7.26. The first-order valence-electron chi connectivity index (χ1n) is 5.90. The van der Waals surface area contributed by atoms with Crippen LogP contribution in [0.25, 0.3) is 0 Å². The van der Waals surface area contributed by atoms with Crippen LogP contribution in [0.1, 0.15) is 11.3 Å². The molecule has 7 heteroatoms. The van der Waals surface area contributed by atoms with Gasteiger partial charge < -0.3 is 5.32 Å². The van der Waals surface area contributed by atoms with Crippen molar-refractivity contribution in [1.82, 2.24) is 14.1 Å². The molecule has 1 N–H and O–H groups in total. The molecule has 0 radical (unpaired) electrons. The number of hydrogen-bond acceptors (Lipinski definition) is 5. The molecule has 7 nitrogen and oxygen atoms in total. The van der Waals surface area contributed by atoms with Gasteiger partial charge >= 0.3 is 5.69 Å². The van der Waals surface area contributed by atoms with E-state index in [0.29, 0.717) is 6.54 Å². The third-order valence-corrected chi connectivity index (χ3v) is 2.94. The molecule has 0 amide bonds. The maximum absolute atomic E-state index is 11.9. The second kappa shape index (κ2) is 5.40. The first kappa shape index (κ1) is 13.5. The Labute approximate surface area is 114 Å². The second-order valence-electron chi connectivity index (χ2n) is 4.22. The minimum atomic E-state index is -0.612. The minimum absolute atomic E-state index is 0.0921. The van der Waals surface area contributed by atoms with Gasteiger partial charge in [0.25, 0.3) is 5.56 Å². The van der Waals surface area contributed by atoms with Crippen LogP contribution in [0, 0.1) is 11.3 Å². The molecule has 102 valence electrons. The quantitative estimate of drug-likeness (QED) is 0.845. The summed E-state index contributed by atoms with van der Waals surface area (Å²) in [6.45, 7) is 0.315. The molecule has 0 aliphatic rings. The summed E-state index contributed by atoms with van der Waals surface area (Å²) in [4.78, 5) is 27.9. The van der Waals surface area contributed by atoms with Gasteiger partial charge in [-0.15, -0.1) is 0 Å². The van der Waals surface area contributed by atoms with E-state index in [1.165, 1.54) is 18.7 Å². The third-order valence-electron chi connectivity index (χ3n) is 2.94. The van der Waals surface area contributed by atoms with E-state index in [1.54, 1.807) is 18.3 Å². The lowest BCUT2D eigenvalue weighted by Gasteiger charge is -2.13. The average molecular weight is 271 g/mol. The Balaban J connectivity index is 2.45. The Morgan fingerprint density at radius 2 is 2.05 bits per heavy atom. The first-order valence-corrected chi connectivity index (χ1v) is 5.90. The summed E-state index contributed by atoms with van der Waals surface area (Å²) in [5.41, 5.74) is -0.452. The Hall–Kier alpha value is -2.88. The van der Waals surface area contributed by atoms with Gasteiger partial charge in [0.2, 0.25) is 0 Å². The molecule has 0 aromatic carbocycles. The van der Waals surface area contributed by atoms with E-state index in [0.717, 1.165) is 10.3 Å². The fourth-order valence-corrected chi connectivity index (χ4v) is 1.83. The van der Waals surface area contributed by atoms with Crippen LogP contribution in [0.15, 0.2) is 34.0 Å². The van der Waals surface area contributed by atoms with E-state index in [2.05, 4.69) is 10.3 Å². The highest BCUT2D eigenvalue weighted by Crippen LogP contribution is 2.08. The summed E-state index contributed by atoms with van der Waals surface area (Å²) in [5.74, 6) is 0.200. The van der Waals surface area contributed by atoms with Crippen molar-refractivity contribution in [2.75, 3.05) is 5.32 Å². The van der Waals surface area contributed by atoms with Crippen molar-refractivity contribution in [2.45, 2.75) is 6.54 Å². The molecule has 0 spiro atoms. The predicted molar refractivity (Wildman–Crippen MR) is 73.2 cm³/mol. The van der Waals surface area contributed by atoms with Crippen molar-refractivity contribution >= 4 is 5.82 Å². The molecule has 2 heterocycles. The number of nitriles is 1. The van der Waals surface area contributed by atoms with Gasteiger partial charge in [-0.1, -0.05) is 6.07 Å². The van der Waals surface area contributed by atoms with Crippen LogP contribution in [-0.4, -0.2) is 14.1 Å². The highest BCUT2D eigenvalue weighted by Gasteiger charge is 2.14. The molecule has 0 atom stereocenters. The standard InChI is InChI=1S/C13H13N5O2/c1-17-11(16-8-9-5-3-4-6-15-9)10(7-14)12(19)18(2)13(17)20/h3-6,16H,8H2,1-2H3. The van der Waals surface area contributed by atoms with E-state index in [9.17, 15) is 9.59 Å². The molecule has 2 aromatic heterocycles. The zero-order valence-corrected chi connectivity index (χ0v) is 11.1. The maximum atomic E-state index is 11.9. The van der Waals surface area contributed by atoms with Crippen LogP contribution in [0.5, 0.6) is 0 Å². The van der Waals surface area contributed by atoms with Gasteiger partial charge in [-0.2, -0.15) is 5.26 Å². The maximum Gasteiger partial charge on any atom is 0.332 e. The molecular weight excluding hydrogens is 258 g/mol. The molecule has 0 fully saturated rings. The fourth-order valence-electron chi connectivity index (χ4n) is 1.83. The van der Waals surface area contributed by atoms with Gasteiger partial charge in [-0.3, -0.25) is 18.9 Å². The predicted octanol–water partition coefficient (Wildman–Crippen LogP) is -0.0372. The Morgan fingerprint density at radius 1 is 1.30 bits per heavy atom. The zero-order chi connectivity index (χ0) is 14.7. The number of rotatable bonds is 3. The molecule has 0 aliphatic heterocycles. The molecule has 20 heavy (non-hydrogen) atoms. The monoisotopic (exact) mass is 271 g/mol. The highest BCUT2D eigenvalue weighted by atomic mass is 16.2. The summed E-state index contributed by atoms with van der Waals surface area (Å²) in [5, 5.41) is 12.0. The minimum Gasteiger partial charge on any atom is -0.364 e. The largest absolute Gasteiger partial charge is 0.364 e. The smallest absolute Gasteiger partial charge is 0.332 e. The molecule has 0 aliphatic carbocycles. The lowest BCUT2D eigenvalue weighted by molar-refractivity contribution is 0.685. The number of anilines is 1. The molecule has 0 bridgehead atoms. The van der Waals surface area contributed by atoms with Crippen LogP contribution in [0.2, 0.25) is 0 Å². The van der Waals surface area contributed by atoms with Crippen molar-refractivity contribution in [3.8, 4) is 6.07 Å². The fraction of sp³-hybridized carbons (Fsp3) is 0.231. The topological polar surface area (TPSA) is 92.7 Å². The molecule has 2 rings (SSSR count). The Morgan fingerprint density at radius 3 is 2.65 bits per heavy atom. The van der Waals surface area contributed by atoms with E-state index in [-0.39, 0.29) is 11.4 Å². The van der Waals surface area contributed by atoms with Crippen molar-refractivity contribution < 1.29 is 0 Å². The van der Waals surface area contributed by atoms with Gasteiger partial charge in [0, 0.05) is 20.3 Å². The molecular formula is C13H13N5O2. The average Bonchev–Trinajstić information content (AvgIpc) is 2.48. The zero-order valence-electron chi connectivity index (χ0n) is 11.1. The molecule has 2 aromatic rings. The first-order chi connectivity index (χ1) is 9.56. The summed E-state index contributed by atoms with van der Waals surface area (Å²) >= 11 is 0. The number of pyridine rings is 1.